The van der Waals surface area contributed by atoms with Gasteiger partial charge in [-0.15, -0.1) is 11.6 Å². The molecule has 1 saturated carbocycles. The van der Waals surface area contributed by atoms with Crippen LogP contribution in [-0.2, 0) is 4.79 Å². The molecule has 0 saturated heterocycles. The molecule has 0 aromatic heterocycles. The molecule has 0 unspecified atom stereocenters. The third-order valence-corrected chi connectivity index (χ3v) is 5.80. The Morgan fingerprint density at radius 1 is 1.35 bits per heavy atom. The number of alkyl halides is 1. The Morgan fingerprint density at radius 2 is 1.94 bits per heavy atom. The first-order chi connectivity index (χ1) is 7.96. The van der Waals surface area contributed by atoms with Gasteiger partial charge in [0.25, 0.3) is 0 Å². The molecule has 1 rings (SSSR count). The van der Waals surface area contributed by atoms with Gasteiger partial charge in [0.2, 0.25) is 5.91 Å². The molecule has 1 aliphatic rings. The van der Waals surface area contributed by atoms with Crippen LogP contribution in [0.15, 0.2) is 0 Å². The maximum Gasteiger partial charge on any atom is 0.226 e. The molecule has 0 spiro atoms. The summed E-state index contributed by atoms with van der Waals surface area (Å²) in [4.78, 5) is 12.0. The van der Waals surface area contributed by atoms with Crippen molar-refractivity contribution in [3.05, 3.63) is 0 Å². The summed E-state index contributed by atoms with van der Waals surface area (Å²) in [6.07, 6.45) is 8.50. The molecule has 100 valence electrons. The van der Waals surface area contributed by atoms with Crippen molar-refractivity contribution in [3.8, 4) is 0 Å². The Labute approximate surface area is 114 Å². The summed E-state index contributed by atoms with van der Waals surface area (Å²) in [7, 11) is 0. The van der Waals surface area contributed by atoms with Crippen LogP contribution in [0, 0.1) is 5.41 Å². The number of hydrogen-bond acceptors (Lipinski definition) is 2. The topological polar surface area (TPSA) is 29.1 Å². The van der Waals surface area contributed by atoms with E-state index in [1.165, 1.54) is 32.1 Å². The number of amides is 1. The predicted molar refractivity (Wildman–Crippen MR) is 76.8 cm³/mol. The lowest BCUT2D eigenvalue weighted by atomic mass is 9.87. The van der Waals surface area contributed by atoms with Gasteiger partial charge in [0.15, 0.2) is 0 Å². The van der Waals surface area contributed by atoms with Gasteiger partial charge in [-0.1, -0.05) is 19.3 Å². The van der Waals surface area contributed by atoms with Crippen LogP contribution in [0.3, 0.4) is 0 Å². The summed E-state index contributed by atoms with van der Waals surface area (Å²) >= 11 is 7.72. The molecule has 0 heterocycles. The van der Waals surface area contributed by atoms with E-state index in [4.69, 9.17) is 11.6 Å². The van der Waals surface area contributed by atoms with Crippen molar-refractivity contribution in [1.82, 2.24) is 5.32 Å². The van der Waals surface area contributed by atoms with E-state index >= 15 is 0 Å². The average Bonchev–Trinajstić information content (AvgIpc) is 2.37. The Kier molecular flexibility index (Phi) is 5.65. The second kappa shape index (κ2) is 6.33. The number of hydrogen-bond donors (Lipinski definition) is 1. The van der Waals surface area contributed by atoms with E-state index in [1.807, 2.05) is 25.6 Å². The SMILES string of the molecule is CSC1(CNC(=O)C(C)(C)CCl)CCCCC1. The van der Waals surface area contributed by atoms with Crippen molar-refractivity contribution in [1.29, 1.82) is 0 Å². The van der Waals surface area contributed by atoms with E-state index in [2.05, 4.69) is 11.6 Å². The molecule has 0 aromatic carbocycles. The van der Waals surface area contributed by atoms with Crippen molar-refractivity contribution in [2.45, 2.75) is 50.7 Å². The zero-order valence-electron chi connectivity index (χ0n) is 11.1. The number of rotatable bonds is 5. The molecule has 0 radical (unpaired) electrons. The Balaban J connectivity index is 2.50. The van der Waals surface area contributed by atoms with Gasteiger partial charge in [-0.05, 0) is 32.9 Å². The van der Waals surface area contributed by atoms with Crippen LogP contribution in [0.5, 0.6) is 0 Å². The summed E-state index contributed by atoms with van der Waals surface area (Å²) in [5.74, 6) is 0.442. The average molecular weight is 278 g/mol. The van der Waals surface area contributed by atoms with Gasteiger partial charge >= 0.3 is 0 Å². The first-order valence-corrected chi connectivity index (χ1v) is 8.11. The lowest BCUT2D eigenvalue weighted by Gasteiger charge is -2.36. The standard InChI is InChI=1S/C13H24ClNOS/c1-12(2,9-14)11(16)15-10-13(17-3)7-5-4-6-8-13/h4-10H2,1-3H3,(H,15,16). The lowest BCUT2D eigenvalue weighted by Crippen LogP contribution is -2.46. The molecule has 0 aliphatic heterocycles. The molecule has 17 heavy (non-hydrogen) atoms. The first kappa shape index (κ1) is 15.2. The fourth-order valence-electron chi connectivity index (χ4n) is 2.19. The molecule has 4 heteroatoms. The second-order valence-electron chi connectivity index (χ2n) is 5.65. The van der Waals surface area contributed by atoms with Crippen LogP contribution in [0.4, 0.5) is 0 Å². The van der Waals surface area contributed by atoms with Gasteiger partial charge in [-0.2, -0.15) is 11.8 Å². The largest absolute Gasteiger partial charge is 0.354 e. The maximum absolute atomic E-state index is 12.0. The van der Waals surface area contributed by atoms with Crippen LogP contribution in [0.2, 0.25) is 0 Å². The van der Waals surface area contributed by atoms with E-state index in [1.54, 1.807) is 0 Å². The normalized spacial score (nSPS) is 20.0. The zero-order valence-corrected chi connectivity index (χ0v) is 12.7. The minimum absolute atomic E-state index is 0.0755. The quantitative estimate of drug-likeness (QED) is 0.780. The highest BCUT2D eigenvalue weighted by molar-refractivity contribution is 8.00. The lowest BCUT2D eigenvalue weighted by molar-refractivity contribution is -0.128. The summed E-state index contributed by atoms with van der Waals surface area (Å²) in [5, 5.41) is 3.09. The summed E-state index contributed by atoms with van der Waals surface area (Å²) in [5.41, 5.74) is -0.462. The maximum atomic E-state index is 12.0. The van der Waals surface area contributed by atoms with Gasteiger partial charge in [-0.25, -0.2) is 0 Å². The molecular weight excluding hydrogens is 254 g/mol. The Hall–Kier alpha value is 0.110. The van der Waals surface area contributed by atoms with Crippen LogP contribution < -0.4 is 5.32 Å². The van der Waals surface area contributed by atoms with Crippen LogP contribution >= 0.6 is 23.4 Å². The first-order valence-electron chi connectivity index (χ1n) is 6.35. The van der Waals surface area contributed by atoms with Gasteiger partial charge in [0.05, 0.1) is 5.41 Å². The van der Waals surface area contributed by atoms with Gasteiger partial charge in [-0.3, -0.25) is 4.79 Å². The van der Waals surface area contributed by atoms with Crippen molar-refractivity contribution in [2.24, 2.45) is 5.41 Å². The van der Waals surface area contributed by atoms with Crippen molar-refractivity contribution in [2.75, 3.05) is 18.7 Å². The molecule has 1 aliphatic carbocycles. The summed E-state index contributed by atoms with van der Waals surface area (Å²) in [6, 6.07) is 0. The van der Waals surface area contributed by atoms with E-state index in [0.717, 1.165) is 6.54 Å². The molecule has 0 bridgehead atoms. The number of halogens is 1. The highest BCUT2D eigenvalue weighted by atomic mass is 35.5. The smallest absolute Gasteiger partial charge is 0.226 e. The molecular formula is C13H24ClNOS. The number of thioether (sulfide) groups is 1. The van der Waals surface area contributed by atoms with Crippen LogP contribution in [-0.4, -0.2) is 29.3 Å². The summed E-state index contributed by atoms with van der Waals surface area (Å²) in [6.45, 7) is 4.57. The molecule has 0 aromatic rings. The number of carbonyl (C=O) groups excluding carboxylic acids is 1. The molecule has 1 fully saturated rings. The predicted octanol–water partition coefficient (Wildman–Crippen LogP) is 3.43. The highest BCUT2D eigenvalue weighted by Gasteiger charge is 2.33. The fraction of sp³-hybridized carbons (Fsp3) is 0.923. The van der Waals surface area contributed by atoms with Crippen LogP contribution in [0.1, 0.15) is 46.0 Å². The monoisotopic (exact) mass is 277 g/mol. The minimum atomic E-state index is -0.462. The van der Waals surface area contributed by atoms with Crippen LogP contribution in [0.25, 0.3) is 0 Å². The Bertz CT molecular complexity index is 262. The van der Waals surface area contributed by atoms with E-state index in [0.29, 0.717) is 5.88 Å². The zero-order chi connectivity index (χ0) is 12.9. The minimum Gasteiger partial charge on any atom is -0.354 e. The highest BCUT2D eigenvalue weighted by Crippen LogP contribution is 2.38. The van der Waals surface area contributed by atoms with Gasteiger partial charge in [0, 0.05) is 17.2 Å². The van der Waals surface area contributed by atoms with E-state index in [9.17, 15) is 4.79 Å². The molecule has 0 atom stereocenters. The molecule has 2 nitrogen and oxygen atoms in total. The third kappa shape index (κ3) is 4.06. The third-order valence-electron chi connectivity index (χ3n) is 3.72. The summed E-state index contributed by atoms with van der Waals surface area (Å²) < 4.78 is 0.260. The molecule has 1 N–H and O–H groups in total. The Morgan fingerprint density at radius 3 is 2.41 bits per heavy atom. The second-order valence-corrected chi connectivity index (χ2v) is 7.19. The number of nitrogens with one attached hydrogen (secondary N) is 1. The fourth-order valence-corrected chi connectivity index (χ4v) is 3.23. The van der Waals surface area contributed by atoms with Crippen molar-refractivity contribution < 1.29 is 4.79 Å². The van der Waals surface area contributed by atoms with E-state index in [-0.39, 0.29) is 10.7 Å². The van der Waals surface area contributed by atoms with Gasteiger partial charge in [0.1, 0.15) is 0 Å². The van der Waals surface area contributed by atoms with E-state index < -0.39 is 5.41 Å². The van der Waals surface area contributed by atoms with Crippen molar-refractivity contribution >= 4 is 29.3 Å². The number of carbonyl (C=O) groups is 1. The van der Waals surface area contributed by atoms with Gasteiger partial charge < -0.3 is 5.32 Å². The molecule has 1 amide bonds. The van der Waals surface area contributed by atoms with Crippen molar-refractivity contribution in [3.63, 3.8) is 0 Å².